The van der Waals surface area contributed by atoms with Crippen molar-refractivity contribution in [1.82, 2.24) is 4.90 Å². The number of rotatable bonds is 5. The van der Waals surface area contributed by atoms with Crippen LogP contribution in [0.2, 0.25) is 0 Å². The van der Waals surface area contributed by atoms with Crippen LogP contribution < -0.4 is 5.73 Å². The molecule has 2 aliphatic rings. The van der Waals surface area contributed by atoms with E-state index in [4.69, 9.17) is 5.73 Å². The monoisotopic (exact) mass is 182 g/mol. The summed E-state index contributed by atoms with van der Waals surface area (Å²) in [5, 5.41) is 0. The Morgan fingerprint density at radius 1 is 1.31 bits per heavy atom. The maximum atomic E-state index is 11.6. The molecule has 0 aromatic rings. The predicted octanol–water partition coefficient (Wildman–Crippen LogP) is 0.736. The lowest BCUT2D eigenvalue weighted by Gasteiger charge is -2.21. The van der Waals surface area contributed by atoms with Crippen LogP contribution in [0.3, 0.4) is 0 Å². The first-order valence-corrected chi connectivity index (χ1v) is 5.31. The number of nitrogens with zero attached hydrogens (tertiary/aromatic N) is 1. The molecule has 3 heteroatoms. The molecule has 2 N–H and O–H groups in total. The molecule has 0 aromatic carbocycles. The standard InChI is InChI=1S/C10H18N2O/c11-6-5-10(13)12(9-3-4-9)7-8-1-2-8/h8-9H,1-7,11H2. The van der Waals surface area contributed by atoms with Crippen molar-refractivity contribution >= 4 is 5.91 Å². The fourth-order valence-electron chi connectivity index (χ4n) is 1.69. The van der Waals surface area contributed by atoms with Crippen LogP contribution in [0.25, 0.3) is 0 Å². The van der Waals surface area contributed by atoms with Gasteiger partial charge >= 0.3 is 0 Å². The van der Waals surface area contributed by atoms with Gasteiger partial charge in [-0.25, -0.2) is 0 Å². The van der Waals surface area contributed by atoms with Crippen molar-refractivity contribution < 1.29 is 4.79 Å². The number of hydrogen-bond donors (Lipinski definition) is 1. The highest BCUT2D eigenvalue weighted by atomic mass is 16.2. The second kappa shape index (κ2) is 3.66. The van der Waals surface area contributed by atoms with Crippen LogP contribution in [-0.2, 0) is 4.79 Å². The molecule has 0 unspecified atom stereocenters. The summed E-state index contributed by atoms with van der Waals surface area (Å²) in [7, 11) is 0. The minimum atomic E-state index is 0.275. The summed E-state index contributed by atoms with van der Waals surface area (Å²) in [5.41, 5.74) is 5.39. The first kappa shape index (κ1) is 9.00. The summed E-state index contributed by atoms with van der Waals surface area (Å²) in [6, 6.07) is 0.569. The van der Waals surface area contributed by atoms with Crippen molar-refractivity contribution in [3.8, 4) is 0 Å². The average Bonchev–Trinajstić information content (AvgIpc) is 2.95. The maximum Gasteiger partial charge on any atom is 0.224 e. The van der Waals surface area contributed by atoms with Gasteiger partial charge < -0.3 is 10.6 Å². The summed E-state index contributed by atoms with van der Waals surface area (Å²) in [6.45, 7) is 1.50. The van der Waals surface area contributed by atoms with Crippen molar-refractivity contribution in [1.29, 1.82) is 0 Å². The molecule has 0 atom stereocenters. The predicted molar refractivity (Wildman–Crippen MR) is 51.1 cm³/mol. The third kappa shape index (κ3) is 2.44. The van der Waals surface area contributed by atoms with Crippen LogP contribution in [0.5, 0.6) is 0 Å². The number of amides is 1. The van der Waals surface area contributed by atoms with Crippen molar-refractivity contribution in [2.45, 2.75) is 38.1 Å². The summed E-state index contributed by atoms with van der Waals surface area (Å²) >= 11 is 0. The fraction of sp³-hybridized carbons (Fsp3) is 0.900. The van der Waals surface area contributed by atoms with Gasteiger partial charge in [0.25, 0.3) is 0 Å². The highest BCUT2D eigenvalue weighted by Gasteiger charge is 2.35. The smallest absolute Gasteiger partial charge is 0.224 e. The van der Waals surface area contributed by atoms with E-state index in [-0.39, 0.29) is 5.91 Å². The Morgan fingerprint density at radius 3 is 2.46 bits per heavy atom. The largest absolute Gasteiger partial charge is 0.339 e. The van der Waals surface area contributed by atoms with Crippen LogP contribution in [0, 0.1) is 5.92 Å². The molecule has 0 radical (unpaired) electrons. The topological polar surface area (TPSA) is 46.3 Å². The molecule has 0 saturated heterocycles. The van der Waals surface area contributed by atoms with Crippen molar-refractivity contribution in [3.63, 3.8) is 0 Å². The van der Waals surface area contributed by atoms with E-state index in [1.165, 1.54) is 25.7 Å². The molecule has 0 aliphatic heterocycles. The number of nitrogens with two attached hydrogens (primary N) is 1. The quantitative estimate of drug-likeness (QED) is 0.681. The second-order valence-corrected chi connectivity index (χ2v) is 4.26. The van der Waals surface area contributed by atoms with Gasteiger partial charge in [0.15, 0.2) is 0 Å². The SMILES string of the molecule is NCCC(=O)N(CC1CC1)C1CC1. The van der Waals surface area contributed by atoms with Gasteiger partial charge in [-0.3, -0.25) is 4.79 Å². The van der Waals surface area contributed by atoms with E-state index in [9.17, 15) is 4.79 Å². The van der Waals surface area contributed by atoms with Crippen molar-refractivity contribution in [2.24, 2.45) is 11.7 Å². The number of carbonyl (C=O) groups is 1. The molecule has 13 heavy (non-hydrogen) atoms. The number of hydrogen-bond acceptors (Lipinski definition) is 2. The van der Waals surface area contributed by atoms with Crippen molar-refractivity contribution in [3.05, 3.63) is 0 Å². The third-order valence-electron chi connectivity index (χ3n) is 2.82. The molecular weight excluding hydrogens is 164 g/mol. The summed E-state index contributed by atoms with van der Waals surface area (Å²) < 4.78 is 0. The summed E-state index contributed by atoms with van der Waals surface area (Å²) in [4.78, 5) is 13.7. The van der Waals surface area contributed by atoms with Gasteiger partial charge in [-0.1, -0.05) is 0 Å². The van der Waals surface area contributed by atoms with Gasteiger partial charge in [0.05, 0.1) is 0 Å². The van der Waals surface area contributed by atoms with Gasteiger partial charge in [-0.2, -0.15) is 0 Å². The van der Waals surface area contributed by atoms with Gasteiger partial charge in [0.2, 0.25) is 5.91 Å². The van der Waals surface area contributed by atoms with Gasteiger partial charge in [-0.15, -0.1) is 0 Å². The van der Waals surface area contributed by atoms with Gasteiger partial charge in [0.1, 0.15) is 0 Å². The Bertz CT molecular complexity index is 197. The number of carbonyl (C=O) groups excluding carboxylic acids is 1. The van der Waals surface area contributed by atoms with Crippen LogP contribution in [0.15, 0.2) is 0 Å². The summed E-state index contributed by atoms with van der Waals surface area (Å²) in [6.07, 6.45) is 5.59. The zero-order chi connectivity index (χ0) is 9.26. The lowest BCUT2D eigenvalue weighted by Crippen LogP contribution is -2.35. The molecule has 2 aliphatic carbocycles. The molecule has 0 heterocycles. The molecule has 0 aromatic heterocycles. The van der Waals surface area contributed by atoms with E-state index < -0.39 is 0 Å². The van der Waals surface area contributed by atoms with E-state index in [1.54, 1.807) is 0 Å². The van der Waals surface area contributed by atoms with Gasteiger partial charge in [0, 0.05) is 25.6 Å². The average molecular weight is 182 g/mol. The Balaban J connectivity index is 1.83. The normalized spacial score (nSPS) is 21.6. The second-order valence-electron chi connectivity index (χ2n) is 4.26. The molecule has 2 fully saturated rings. The van der Waals surface area contributed by atoms with Gasteiger partial charge in [-0.05, 0) is 31.6 Å². The molecule has 0 bridgehead atoms. The van der Waals surface area contributed by atoms with E-state index >= 15 is 0 Å². The minimum Gasteiger partial charge on any atom is -0.339 e. The maximum absolute atomic E-state index is 11.6. The van der Waals surface area contributed by atoms with Crippen LogP contribution in [-0.4, -0.2) is 29.9 Å². The van der Waals surface area contributed by atoms with Crippen molar-refractivity contribution in [2.75, 3.05) is 13.1 Å². The third-order valence-corrected chi connectivity index (χ3v) is 2.82. The first-order chi connectivity index (χ1) is 6.31. The molecular formula is C10H18N2O. The van der Waals surface area contributed by atoms with Crippen LogP contribution in [0.4, 0.5) is 0 Å². The lowest BCUT2D eigenvalue weighted by molar-refractivity contribution is -0.131. The van der Waals surface area contributed by atoms with Crippen LogP contribution in [0.1, 0.15) is 32.1 Å². The van der Waals surface area contributed by atoms with E-state index in [0.29, 0.717) is 19.0 Å². The Hall–Kier alpha value is -0.570. The van der Waals surface area contributed by atoms with E-state index in [0.717, 1.165) is 12.5 Å². The molecule has 74 valence electrons. The first-order valence-electron chi connectivity index (χ1n) is 5.31. The Morgan fingerprint density at radius 2 is 2.00 bits per heavy atom. The Kier molecular flexibility index (Phi) is 2.54. The molecule has 2 saturated carbocycles. The zero-order valence-electron chi connectivity index (χ0n) is 8.04. The summed E-state index contributed by atoms with van der Waals surface area (Å²) in [5.74, 6) is 1.08. The Labute approximate surface area is 79.3 Å². The van der Waals surface area contributed by atoms with E-state index in [1.807, 2.05) is 0 Å². The minimum absolute atomic E-state index is 0.275. The zero-order valence-corrected chi connectivity index (χ0v) is 8.04. The highest BCUT2D eigenvalue weighted by molar-refractivity contribution is 5.77. The molecule has 3 nitrogen and oxygen atoms in total. The highest BCUT2D eigenvalue weighted by Crippen LogP contribution is 2.34. The van der Waals surface area contributed by atoms with E-state index in [2.05, 4.69) is 4.90 Å². The molecule has 0 spiro atoms. The lowest BCUT2D eigenvalue weighted by atomic mass is 10.3. The molecule has 2 rings (SSSR count). The molecule has 1 amide bonds. The van der Waals surface area contributed by atoms with Crippen LogP contribution >= 0.6 is 0 Å². The fourth-order valence-corrected chi connectivity index (χ4v) is 1.69.